The van der Waals surface area contributed by atoms with Gasteiger partial charge in [-0.05, 0) is 33.6 Å². The summed E-state index contributed by atoms with van der Waals surface area (Å²) in [5.74, 6) is 0.0249. The molecule has 108 valence electrons. The summed E-state index contributed by atoms with van der Waals surface area (Å²) in [6.45, 7) is 6.63. The van der Waals surface area contributed by atoms with Crippen molar-refractivity contribution in [2.24, 2.45) is 5.92 Å². The Morgan fingerprint density at radius 2 is 1.84 bits per heavy atom. The lowest BCUT2D eigenvalue weighted by atomic mass is 9.95. The minimum Gasteiger partial charge on any atom is -0.353 e. The molecule has 1 heterocycles. The third kappa shape index (κ3) is 3.48. The van der Waals surface area contributed by atoms with Crippen molar-refractivity contribution in [3.63, 3.8) is 0 Å². The van der Waals surface area contributed by atoms with Gasteiger partial charge in [0.15, 0.2) is 0 Å². The van der Waals surface area contributed by atoms with Crippen LogP contribution < -0.4 is 5.32 Å². The lowest BCUT2D eigenvalue weighted by Crippen LogP contribution is -2.44. The van der Waals surface area contributed by atoms with Crippen LogP contribution in [0.3, 0.4) is 0 Å². The fraction of sp³-hybridized carbons (Fsp3) is 0.867. The fourth-order valence-electron chi connectivity index (χ4n) is 3.10. The smallest absolute Gasteiger partial charge is 0.225 e. The van der Waals surface area contributed by atoms with E-state index >= 15 is 0 Å². The normalized spacial score (nSPS) is 25.7. The van der Waals surface area contributed by atoms with Gasteiger partial charge in [0, 0.05) is 24.5 Å². The van der Waals surface area contributed by atoms with E-state index in [-0.39, 0.29) is 23.3 Å². The quantitative estimate of drug-likeness (QED) is 0.832. The van der Waals surface area contributed by atoms with Crippen LogP contribution in [-0.4, -0.2) is 34.8 Å². The summed E-state index contributed by atoms with van der Waals surface area (Å²) in [5.41, 5.74) is -0.184. The highest BCUT2D eigenvalue weighted by Crippen LogP contribution is 2.26. The van der Waals surface area contributed by atoms with E-state index in [0.29, 0.717) is 19.0 Å². The van der Waals surface area contributed by atoms with Gasteiger partial charge >= 0.3 is 0 Å². The van der Waals surface area contributed by atoms with Gasteiger partial charge in [0.05, 0.1) is 5.92 Å². The molecule has 1 aliphatic carbocycles. The molecule has 2 rings (SSSR count). The molecule has 2 aliphatic rings. The summed E-state index contributed by atoms with van der Waals surface area (Å²) in [4.78, 5) is 26.0. The molecule has 19 heavy (non-hydrogen) atoms. The molecule has 0 aromatic heterocycles. The van der Waals surface area contributed by atoms with Gasteiger partial charge in [-0.2, -0.15) is 0 Å². The molecule has 0 spiro atoms. The molecule has 0 aromatic carbocycles. The standard InChI is InChI=1S/C15H26N2O2/c1-15(2,3)17-10-11(9-13(17)18)14(19)16-12-7-5-4-6-8-12/h11-12H,4-10H2,1-3H3,(H,16,19). The Labute approximate surface area is 115 Å². The van der Waals surface area contributed by atoms with E-state index in [4.69, 9.17) is 0 Å². The Balaban J connectivity index is 1.89. The topological polar surface area (TPSA) is 49.4 Å². The van der Waals surface area contributed by atoms with E-state index < -0.39 is 0 Å². The maximum absolute atomic E-state index is 12.2. The van der Waals surface area contributed by atoms with Crippen molar-refractivity contribution in [1.82, 2.24) is 10.2 Å². The lowest BCUT2D eigenvalue weighted by molar-refractivity contribution is -0.132. The largest absolute Gasteiger partial charge is 0.353 e. The van der Waals surface area contributed by atoms with Gasteiger partial charge in [-0.15, -0.1) is 0 Å². The van der Waals surface area contributed by atoms with E-state index in [1.165, 1.54) is 19.3 Å². The first kappa shape index (κ1) is 14.4. The Hall–Kier alpha value is -1.06. The van der Waals surface area contributed by atoms with Crippen molar-refractivity contribution in [1.29, 1.82) is 0 Å². The van der Waals surface area contributed by atoms with Crippen LogP contribution in [0.15, 0.2) is 0 Å². The van der Waals surface area contributed by atoms with Gasteiger partial charge in [0.1, 0.15) is 0 Å². The van der Waals surface area contributed by atoms with Crippen molar-refractivity contribution in [3.05, 3.63) is 0 Å². The molecule has 0 aromatic rings. The fourth-order valence-corrected chi connectivity index (χ4v) is 3.10. The molecule has 2 fully saturated rings. The summed E-state index contributed by atoms with van der Waals surface area (Å²) < 4.78 is 0. The van der Waals surface area contributed by atoms with E-state index in [0.717, 1.165) is 12.8 Å². The Bertz CT molecular complexity index is 354. The summed E-state index contributed by atoms with van der Waals surface area (Å²) in [6, 6.07) is 0.333. The molecule has 0 bridgehead atoms. The number of likely N-dealkylation sites (tertiary alicyclic amines) is 1. The van der Waals surface area contributed by atoms with Gasteiger partial charge in [-0.1, -0.05) is 19.3 Å². The van der Waals surface area contributed by atoms with Gasteiger partial charge in [-0.3, -0.25) is 9.59 Å². The highest BCUT2D eigenvalue weighted by atomic mass is 16.2. The molecule has 1 atom stereocenters. The SMILES string of the molecule is CC(C)(C)N1CC(C(=O)NC2CCCCC2)CC1=O. The number of rotatable bonds is 2. The Morgan fingerprint density at radius 3 is 2.37 bits per heavy atom. The molecule has 4 nitrogen and oxygen atoms in total. The molecule has 1 N–H and O–H groups in total. The predicted octanol–water partition coefficient (Wildman–Crippen LogP) is 2.08. The number of carbonyl (C=O) groups is 2. The summed E-state index contributed by atoms with van der Waals surface area (Å²) in [5, 5.41) is 3.14. The average Bonchev–Trinajstić information content (AvgIpc) is 2.72. The molecular formula is C15H26N2O2. The van der Waals surface area contributed by atoms with Gasteiger partial charge in [-0.25, -0.2) is 0 Å². The van der Waals surface area contributed by atoms with Gasteiger partial charge < -0.3 is 10.2 Å². The van der Waals surface area contributed by atoms with Gasteiger partial charge in [0.2, 0.25) is 11.8 Å². The highest BCUT2D eigenvalue weighted by molar-refractivity contribution is 5.89. The zero-order valence-corrected chi connectivity index (χ0v) is 12.4. The summed E-state index contributed by atoms with van der Waals surface area (Å²) >= 11 is 0. The van der Waals surface area contributed by atoms with Crippen LogP contribution in [0.25, 0.3) is 0 Å². The molecule has 1 aliphatic heterocycles. The van der Waals surface area contributed by atoms with Crippen LogP contribution in [0.1, 0.15) is 59.3 Å². The van der Waals surface area contributed by atoms with Crippen LogP contribution in [0.4, 0.5) is 0 Å². The van der Waals surface area contributed by atoms with E-state index in [1.54, 1.807) is 0 Å². The first-order valence-electron chi connectivity index (χ1n) is 7.49. The Morgan fingerprint density at radius 1 is 1.21 bits per heavy atom. The number of hydrogen-bond donors (Lipinski definition) is 1. The average molecular weight is 266 g/mol. The molecule has 1 saturated heterocycles. The minimum atomic E-state index is -0.184. The number of amides is 2. The van der Waals surface area contributed by atoms with E-state index in [9.17, 15) is 9.59 Å². The molecule has 1 saturated carbocycles. The van der Waals surface area contributed by atoms with Crippen LogP contribution in [0.2, 0.25) is 0 Å². The second-order valence-electron chi connectivity index (χ2n) is 6.92. The molecule has 1 unspecified atom stereocenters. The first-order chi connectivity index (χ1) is 8.88. The molecule has 0 radical (unpaired) electrons. The second kappa shape index (κ2) is 5.51. The van der Waals surface area contributed by atoms with Gasteiger partial charge in [0.25, 0.3) is 0 Å². The first-order valence-corrected chi connectivity index (χ1v) is 7.49. The Kier molecular flexibility index (Phi) is 4.16. The predicted molar refractivity (Wildman–Crippen MR) is 74.6 cm³/mol. The van der Waals surface area contributed by atoms with Crippen molar-refractivity contribution in [2.75, 3.05) is 6.54 Å². The zero-order chi connectivity index (χ0) is 14.0. The summed E-state index contributed by atoms with van der Waals surface area (Å²) in [6.07, 6.45) is 6.26. The van der Waals surface area contributed by atoms with Crippen LogP contribution >= 0.6 is 0 Å². The summed E-state index contributed by atoms with van der Waals surface area (Å²) in [7, 11) is 0. The maximum Gasteiger partial charge on any atom is 0.225 e. The third-order valence-corrected chi connectivity index (χ3v) is 4.26. The zero-order valence-electron chi connectivity index (χ0n) is 12.4. The van der Waals surface area contributed by atoms with E-state index in [2.05, 4.69) is 5.32 Å². The highest BCUT2D eigenvalue weighted by Gasteiger charge is 2.39. The number of nitrogens with one attached hydrogen (secondary N) is 1. The van der Waals surface area contributed by atoms with Crippen molar-refractivity contribution in [3.8, 4) is 0 Å². The minimum absolute atomic E-state index is 0.0759. The van der Waals surface area contributed by atoms with Crippen LogP contribution in [0.5, 0.6) is 0 Å². The van der Waals surface area contributed by atoms with Crippen molar-refractivity contribution >= 4 is 11.8 Å². The number of hydrogen-bond acceptors (Lipinski definition) is 2. The van der Waals surface area contributed by atoms with E-state index in [1.807, 2.05) is 25.7 Å². The van der Waals surface area contributed by atoms with Crippen LogP contribution in [-0.2, 0) is 9.59 Å². The molecular weight excluding hydrogens is 240 g/mol. The van der Waals surface area contributed by atoms with Crippen LogP contribution in [0, 0.1) is 5.92 Å². The number of nitrogens with zero attached hydrogens (tertiary/aromatic N) is 1. The monoisotopic (exact) mass is 266 g/mol. The molecule has 4 heteroatoms. The molecule has 2 amide bonds. The lowest BCUT2D eigenvalue weighted by Gasteiger charge is -2.32. The maximum atomic E-state index is 12.2. The second-order valence-corrected chi connectivity index (χ2v) is 6.92. The van der Waals surface area contributed by atoms with Crippen molar-refractivity contribution < 1.29 is 9.59 Å². The number of carbonyl (C=O) groups excluding carboxylic acids is 2. The third-order valence-electron chi connectivity index (χ3n) is 4.26. The van der Waals surface area contributed by atoms with Crippen molar-refractivity contribution in [2.45, 2.75) is 70.9 Å².